The highest BCUT2D eigenvalue weighted by atomic mass is 16.7. The Morgan fingerprint density at radius 3 is 2.50 bits per heavy atom. The summed E-state index contributed by atoms with van der Waals surface area (Å²) >= 11 is 0. The van der Waals surface area contributed by atoms with Gasteiger partial charge in [0, 0.05) is 7.11 Å². The summed E-state index contributed by atoms with van der Waals surface area (Å²) in [6.07, 6.45) is 2.53. The van der Waals surface area contributed by atoms with Gasteiger partial charge in [-0.3, -0.25) is 0 Å². The minimum atomic E-state index is -0.153. The Balaban J connectivity index is 3.09. The van der Waals surface area contributed by atoms with E-state index in [4.69, 9.17) is 14.2 Å². The van der Waals surface area contributed by atoms with E-state index in [2.05, 4.69) is 6.58 Å². The van der Waals surface area contributed by atoms with Gasteiger partial charge >= 0.3 is 0 Å². The van der Waals surface area contributed by atoms with E-state index in [0.717, 1.165) is 6.42 Å². The molecule has 0 bridgehead atoms. The first-order chi connectivity index (χ1) is 5.81. The third kappa shape index (κ3) is 7.72. The van der Waals surface area contributed by atoms with Crippen LogP contribution in [0.2, 0.25) is 0 Å². The molecule has 0 spiro atoms. The zero-order valence-corrected chi connectivity index (χ0v) is 7.91. The molecule has 0 heterocycles. The van der Waals surface area contributed by atoms with Crippen LogP contribution in [-0.2, 0) is 14.2 Å². The van der Waals surface area contributed by atoms with Crippen LogP contribution in [0.5, 0.6) is 0 Å². The minimum absolute atomic E-state index is 0.153. The lowest BCUT2D eigenvalue weighted by molar-refractivity contribution is -0.136. The number of hydrogen-bond donors (Lipinski definition) is 0. The van der Waals surface area contributed by atoms with E-state index in [-0.39, 0.29) is 6.29 Å². The van der Waals surface area contributed by atoms with Crippen molar-refractivity contribution in [2.75, 3.05) is 26.9 Å². The summed E-state index contributed by atoms with van der Waals surface area (Å²) in [5.74, 6) is 0. The summed E-state index contributed by atoms with van der Waals surface area (Å²) in [4.78, 5) is 0. The lowest BCUT2D eigenvalue weighted by Crippen LogP contribution is -2.16. The van der Waals surface area contributed by atoms with E-state index in [9.17, 15) is 0 Å². The molecule has 0 saturated carbocycles. The molecule has 0 N–H and O–H groups in total. The van der Waals surface area contributed by atoms with Crippen molar-refractivity contribution in [1.29, 1.82) is 0 Å². The summed E-state index contributed by atoms with van der Waals surface area (Å²) in [6, 6.07) is 0. The summed E-state index contributed by atoms with van der Waals surface area (Å²) in [6.45, 7) is 7.31. The molecule has 3 nitrogen and oxygen atoms in total. The molecule has 0 fully saturated rings. The fraction of sp³-hybridized carbons (Fsp3) is 0.778. The van der Waals surface area contributed by atoms with Gasteiger partial charge in [-0.1, -0.05) is 6.08 Å². The average Bonchev–Trinajstić information content (AvgIpc) is 2.06. The fourth-order valence-corrected chi connectivity index (χ4v) is 0.663. The predicted molar refractivity (Wildman–Crippen MR) is 48.1 cm³/mol. The standard InChI is InChI=1S/C9H18O3/c1-4-5-6-11-9(2)12-8-7-10-3/h4,9H,1,5-8H2,2-3H3. The first kappa shape index (κ1) is 11.6. The normalized spacial score (nSPS) is 12.8. The summed E-state index contributed by atoms with van der Waals surface area (Å²) in [5.41, 5.74) is 0. The second-order valence-electron chi connectivity index (χ2n) is 2.38. The minimum Gasteiger partial charge on any atom is -0.382 e. The molecule has 0 aliphatic rings. The molecular formula is C9H18O3. The third-order valence-corrected chi connectivity index (χ3v) is 1.31. The van der Waals surface area contributed by atoms with Crippen LogP contribution in [-0.4, -0.2) is 33.2 Å². The molecule has 0 aliphatic carbocycles. The molecule has 72 valence electrons. The molecule has 0 aromatic rings. The quantitative estimate of drug-likeness (QED) is 0.318. The van der Waals surface area contributed by atoms with Gasteiger partial charge in [-0.2, -0.15) is 0 Å². The van der Waals surface area contributed by atoms with E-state index in [1.165, 1.54) is 0 Å². The van der Waals surface area contributed by atoms with Crippen LogP contribution in [0.3, 0.4) is 0 Å². The Kier molecular flexibility index (Phi) is 8.44. The zero-order valence-electron chi connectivity index (χ0n) is 7.91. The first-order valence-corrected chi connectivity index (χ1v) is 4.14. The molecule has 0 aromatic carbocycles. The van der Waals surface area contributed by atoms with Crippen molar-refractivity contribution in [2.24, 2.45) is 0 Å². The Labute approximate surface area is 74.3 Å². The van der Waals surface area contributed by atoms with Crippen LogP contribution >= 0.6 is 0 Å². The second-order valence-corrected chi connectivity index (χ2v) is 2.38. The molecule has 12 heavy (non-hydrogen) atoms. The Morgan fingerprint density at radius 2 is 1.92 bits per heavy atom. The molecule has 0 rings (SSSR count). The van der Waals surface area contributed by atoms with Crippen molar-refractivity contribution in [3.63, 3.8) is 0 Å². The fourth-order valence-electron chi connectivity index (χ4n) is 0.663. The maximum absolute atomic E-state index is 5.28. The molecule has 0 aromatic heterocycles. The van der Waals surface area contributed by atoms with Gasteiger partial charge in [0.1, 0.15) is 0 Å². The van der Waals surface area contributed by atoms with Gasteiger partial charge in [0.15, 0.2) is 6.29 Å². The van der Waals surface area contributed by atoms with Gasteiger partial charge in [-0.25, -0.2) is 0 Å². The van der Waals surface area contributed by atoms with Crippen molar-refractivity contribution in [3.8, 4) is 0 Å². The van der Waals surface area contributed by atoms with E-state index < -0.39 is 0 Å². The summed E-state index contributed by atoms with van der Waals surface area (Å²) < 4.78 is 15.3. The number of rotatable bonds is 8. The topological polar surface area (TPSA) is 27.7 Å². The molecule has 0 amide bonds. The summed E-state index contributed by atoms with van der Waals surface area (Å²) in [7, 11) is 1.65. The number of hydrogen-bond acceptors (Lipinski definition) is 3. The molecule has 0 radical (unpaired) electrons. The first-order valence-electron chi connectivity index (χ1n) is 4.14. The Hall–Kier alpha value is -0.380. The van der Waals surface area contributed by atoms with Crippen LogP contribution in [0, 0.1) is 0 Å². The van der Waals surface area contributed by atoms with Crippen molar-refractivity contribution < 1.29 is 14.2 Å². The number of methoxy groups -OCH3 is 1. The zero-order chi connectivity index (χ0) is 9.23. The molecule has 0 saturated heterocycles. The Bertz CT molecular complexity index is 104. The molecule has 1 atom stereocenters. The van der Waals surface area contributed by atoms with Crippen LogP contribution in [0.15, 0.2) is 12.7 Å². The van der Waals surface area contributed by atoms with Gasteiger partial charge in [0.25, 0.3) is 0 Å². The van der Waals surface area contributed by atoms with E-state index in [1.807, 2.05) is 13.0 Å². The van der Waals surface area contributed by atoms with Crippen LogP contribution in [0.4, 0.5) is 0 Å². The van der Waals surface area contributed by atoms with Gasteiger partial charge in [0.2, 0.25) is 0 Å². The Morgan fingerprint density at radius 1 is 1.25 bits per heavy atom. The lowest BCUT2D eigenvalue weighted by Gasteiger charge is -2.12. The third-order valence-electron chi connectivity index (χ3n) is 1.31. The predicted octanol–water partition coefficient (Wildman–Crippen LogP) is 1.59. The van der Waals surface area contributed by atoms with Crippen molar-refractivity contribution >= 4 is 0 Å². The molecule has 0 aliphatic heterocycles. The van der Waals surface area contributed by atoms with Crippen LogP contribution < -0.4 is 0 Å². The SMILES string of the molecule is C=CCCOC(C)OCCOC. The second kappa shape index (κ2) is 8.71. The van der Waals surface area contributed by atoms with Gasteiger partial charge < -0.3 is 14.2 Å². The molecular weight excluding hydrogens is 156 g/mol. The van der Waals surface area contributed by atoms with Crippen LogP contribution in [0.1, 0.15) is 13.3 Å². The van der Waals surface area contributed by atoms with Crippen molar-refractivity contribution in [3.05, 3.63) is 12.7 Å². The van der Waals surface area contributed by atoms with Crippen molar-refractivity contribution in [2.45, 2.75) is 19.6 Å². The largest absolute Gasteiger partial charge is 0.382 e. The van der Waals surface area contributed by atoms with Crippen molar-refractivity contribution in [1.82, 2.24) is 0 Å². The summed E-state index contributed by atoms with van der Waals surface area (Å²) in [5, 5.41) is 0. The average molecular weight is 174 g/mol. The highest BCUT2D eigenvalue weighted by Crippen LogP contribution is 1.94. The molecule has 1 unspecified atom stereocenters. The highest BCUT2D eigenvalue weighted by Gasteiger charge is 1.99. The van der Waals surface area contributed by atoms with Crippen LogP contribution in [0.25, 0.3) is 0 Å². The number of ether oxygens (including phenoxy) is 3. The van der Waals surface area contributed by atoms with Gasteiger partial charge in [-0.05, 0) is 13.3 Å². The van der Waals surface area contributed by atoms with Gasteiger partial charge in [0.05, 0.1) is 19.8 Å². The molecule has 3 heteroatoms. The van der Waals surface area contributed by atoms with E-state index >= 15 is 0 Å². The highest BCUT2D eigenvalue weighted by molar-refractivity contribution is 4.64. The van der Waals surface area contributed by atoms with Gasteiger partial charge in [-0.15, -0.1) is 6.58 Å². The maximum Gasteiger partial charge on any atom is 0.154 e. The lowest BCUT2D eigenvalue weighted by atomic mass is 10.4. The maximum atomic E-state index is 5.28. The van der Waals surface area contributed by atoms with E-state index in [1.54, 1.807) is 7.11 Å². The van der Waals surface area contributed by atoms with E-state index in [0.29, 0.717) is 19.8 Å². The monoisotopic (exact) mass is 174 g/mol. The smallest absolute Gasteiger partial charge is 0.154 e.